The molecule has 0 spiro atoms. The molecule has 3 saturated carbocycles. The van der Waals surface area contributed by atoms with Crippen molar-refractivity contribution < 1.29 is 14.4 Å². The van der Waals surface area contributed by atoms with E-state index in [4.69, 9.17) is 10.6 Å². The van der Waals surface area contributed by atoms with E-state index in [2.05, 4.69) is 30.1 Å². The van der Waals surface area contributed by atoms with E-state index in [0.29, 0.717) is 30.0 Å². The number of benzene rings is 1. The molecule has 202 valence electrons. The summed E-state index contributed by atoms with van der Waals surface area (Å²) in [6, 6.07) is 7.24. The van der Waals surface area contributed by atoms with Crippen LogP contribution in [0.2, 0.25) is 0 Å². The molecular weight excluding hydrogens is 474 g/mol. The average Bonchev–Trinajstić information content (AvgIpc) is 3.47. The Hall–Kier alpha value is -2.73. The number of nitrogens with zero attached hydrogens (tertiary/aromatic N) is 1. The molecule has 7 atom stereocenters. The number of carbonyl (C=O) groups excluding carboxylic acids is 2. The molecule has 6 heteroatoms. The van der Waals surface area contributed by atoms with Gasteiger partial charge in [0.25, 0.3) is 0 Å². The first-order valence-electron chi connectivity index (χ1n) is 14.5. The lowest BCUT2D eigenvalue weighted by molar-refractivity contribution is -0.145. The van der Waals surface area contributed by atoms with Crippen LogP contribution >= 0.6 is 0 Å². The molecule has 3 fully saturated rings. The molecule has 1 heterocycles. The number of aromatic amines is 1. The predicted octanol–water partition coefficient (Wildman–Crippen LogP) is 6.10. The fraction of sp³-hybridized carbons (Fsp3) is 0.594. The van der Waals surface area contributed by atoms with Crippen molar-refractivity contribution in [1.29, 1.82) is 0 Å². The summed E-state index contributed by atoms with van der Waals surface area (Å²) in [5.74, 6) is 2.14. The van der Waals surface area contributed by atoms with Gasteiger partial charge in [0.1, 0.15) is 11.8 Å². The number of carbonyl (C=O) groups is 2. The van der Waals surface area contributed by atoms with Gasteiger partial charge in [0.2, 0.25) is 0 Å². The topological polar surface area (TPSA) is 97.5 Å². The van der Waals surface area contributed by atoms with Crippen LogP contribution < -0.4 is 5.73 Å². The highest BCUT2D eigenvalue weighted by atomic mass is 16.7. The first-order valence-corrected chi connectivity index (χ1v) is 14.5. The zero-order valence-electron chi connectivity index (χ0n) is 23.0. The van der Waals surface area contributed by atoms with Crippen LogP contribution in [0.5, 0.6) is 0 Å². The second-order valence-corrected chi connectivity index (χ2v) is 13.0. The molecule has 1 aromatic carbocycles. The molecule has 3 unspecified atom stereocenters. The molecule has 4 aliphatic carbocycles. The zero-order chi connectivity index (χ0) is 26.7. The number of para-hydroxylation sites is 1. The summed E-state index contributed by atoms with van der Waals surface area (Å²) >= 11 is 0. The van der Waals surface area contributed by atoms with Crippen LogP contribution in [0.25, 0.3) is 10.9 Å². The molecule has 38 heavy (non-hydrogen) atoms. The molecule has 0 bridgehead atoms. The minimum atomic E-state index is -0.760. The van der Waals surface area contributed by atoms with Gasteiger partial charge in [-0.3, -0.25) is 4.79 Å². The Morgan fingerprint density at radius 3 is 2.79 bits per heavy atom. The summed E-state index contributed by atoms with van der Waals surface area (Å²) in [5, 5.41) is 5.39. The standard InChI is InChI=1S/C32H41N3O3/c1-19(36)25-10-11-26-24-9-8-21-17-22(12-14-31(21,2)27(24)13-15-32(25,26)3)35-38-30(37)28(33)16-20-18-34-29-7-5-4-6-23(20)29/h4-8,18,24-28,34H,9-17,33H2,1-3H3/b35-22+/t24?,25-,26?,27?,28+,31+,32-/m1/s1. The van der Waals surface area contributed by atoms with Crippen LogP contribution in [0, 0.1) is 34.5 Å². The van der Waals surface area contributed by atoms with Gasteiger partial charge < -0.3 is 15.6 Å². The molecule has 3 N–H and O–H groups in total. The third kappa shape index (κ3) is 4.07. The molecule has 6 nitrogen and oxygen atoms in total. The maximum atomic E-state index is 12.7. The Kier molecular flexibility index (Phi) is 6.37. The van der Waals surface area contributed by atoms with Gasteiger partial charge in [-0.1, -0.05) is 48.9 Å². The maximum absolute atomic E-state index is 12.7. The Bertz CT molecular complexity index is 1320. The molecule has 4 aliphatic rings. The number of oxime groups is 1. The monoisotopic (exact) mass is 515 g/mol. The van der Waals surface area contributed by atoms with E-state index in [0.717, 1.165) is 54.3 Å². The van der Waals surface area contributed by atoms with E-state index in [9.17, 15) is 9.59 Å². The van der Waals surface area contributed by atoms with Crippen molar-refractivity contribution in [3.63, 3.8) is 0 Å². The minimum absolute atomic E-state index is 0.174. The van der Waals surface area contributed by atoms with Crippen molar-refractivity contribution in [2.24, 2.45) is 45.4 Å². The normalized spacial score (nSPS) is 36.2. The first kappa shape index (κ1) is 25.5. The molecule has 0 saturated heterocycles. The summed E-state index contributed by atoms with van der Waals surface area (Å²) in [6.07, 6.45) is 13.2. The molecule has 0 amide bonds. The summed E-state index contributed by atoms with van der Waals surface area (Å²) in [5.41, 5.74) is 11.0. The highest BCUT2D eigenvalue weighted by Gasteiger charge is 2.59. The number of Topliss-reactive ketones (excluding diaryl/α,β-unsaturated/α-hetero) is 1. The third-order valence-corrected chi connectivity index (χ3v) is 11.1. The number of hydrogen-bond donors (Lipinski definition) is 2. The summed E-state index contributed by atoms with van der Waals surface area (Å²) < 4.78 is 0. The van der Waals surface area contributed by atoms with Crippen LogP contribution in [0.3, 0.4) is 0 Å². The van der Waals surface area contributed by atoms with E-state index in [1.807, 2.05) is 30.5 Å². The van der Waals surface area contributed by atoms with Gasteiger partial charge in [-0.2, -0.15) is 0 Å². The van der Waals surface area contributed by atoms with Crippen molar-refractivity contribution in [1.82, 2.24) is 4.98 Å². The molecule has 1 aromatic heterocycles. The molecule has 2 aromatic rings. The number of fused-ring (bicyclic) bond motifs is 6. The summed E-state index contributed by atoms with van der Waals surface area (Å²) in [6.45, 7) is 6.65. The van der Waals surface area contributed by atoms with E-state index >= 15 is 0 Å². The van der Waals surface area contributed by atoms with Crippen LogP contribution in [0.15, 0.2) is 47.3 Å². The highest BCUT2D eigenvalue weighted by Crippen LogP contribution is 2.66. The Balaban J connectivity index is 1.11. The predicted molar refractivity (Wildman–Crippen MR) is 149 cm³/mol. The maximum Gasteiger partial charge on any atom is 0.351 e. The largest absolute Gasteiger partial charge is 0.361 e. The van der Waals surface area contributed by atoms with Gasteiger partial charge >= 0.3 is 5.97 Å². The Labute approximate surface area is 225 Å². The van der Waals surface area contributed by atoms with Gasteiger partial charge in [0, 0.05) is 35.9 Å². The number of rotatable bonds is 5. The lowest BCUT2D eigenvalue weighted by Crippen LogP contribution is -2.50. The van der Waals surface area contributed by atoms with Gasteiger partial charge in [-0.05, 0) is 92.1 Å². The van der Waals surface area contributed by atoms with Crippen molar-refractivity contribution in [3.8, 4) is 0 Å². The second-order valence-electron chi connectivity index (χ2n) is 13.0. The molecule has 0 radical (unpaired) electrons. The van der Waals surface area contributed by atoms with Crippen molar-refractivity contribution in [3.05, 3.63) is 47.7 Å². The summed E-state index contributed by atoms with van der Waals surface area (Å²) in [7, 11) is 0. The third-order valence-electron chi connectivity index (χ3n) is 11.1. The van der Waals surface area contributed by atoms with Crippen LogP contribution in [0.1, 0.15) is 77.7 Å². The lowest BCUT2D eigenvalue weighted by Gasteiger charge is -2.57. The van der Waals surface area contributed by atoms with E-state index in [1.54, 1.807) is 6.92 Å². The molecule has 0 aliphatic heterocycles. The van der Waals surface area contributed by atoms with Crippen LogP contribution in [-0.4, -0.2) is 28.5 Å². The van der Waals surface area contributed by atoms with E-state index in [-0.39, 0.29) is 16.7 Å². The van der Waals surface area contributed by atoms with Crippen LogP contribution in [0.4, 0.5) is 0 Å². The molecule has 6 rings (SSSR count). The van der Waals surface area contributed by atoms with Gasteiger partial charge in [-0.25, -0.2) is 4.79 Å². The van der Waals surface area contributed by atoms with Gasteiger partial charge in [0.05, 0.1) is 5.71 Å². The number of H-pyrrole nitrogens is 1. The minimum Gasteiger partial charge on any atom is -0.361 e. The SMILES string of the molecule is CC(=O)[C@H]1CCC2C3CC=C4C/C(=N/OC(=O)[C@@H](N)Cc5c[nH]c6ccccc56)CC[C@]4(C)C3CC[C@@]21C. The van der Waals surface area contributed by atoms with Crippen molar-refractivity contribution in [2.45, 2.75) is 84.6 Å². The Morgan fingerprint density at radius 1 is 1.16 bits per heavy atom. The van der Waals surface area contributed by atoms with Gasteiger partial charge in [-0.15, -0.1) is 0 Å². The summed E-state index contributed by atoms with van der Waals surface area (Å²) in [4.78, 5) is 33.7. The van der Waals surface area contributed by atoms with Crippen LogP contribution in [-0.2, 0) is 20.8 Å². The second kappa shape index (κ2) is 9.48. The van der Waals surface area contributed by atoms with Crippen molar-refractivity contribution in [2.75, 3.05) is 0 Å². The average molecular weight is 516 g/mol. The quantitative estimate of drug-likeness (QED) is 0.285. The fourth-order valence-electron chi connectivity index (χ4n) is 9.03. The number of ketones is 1. The van der Waals surface area contributed by atoms with Crippen molar-refractivity contribution >= 4 is 28.4 Å². The number of nitrogens with two attached hydrogens (primary N) is 1. The smallest absolute Gasteiger partial charge is 0.351 e. The van der Waals surface area contributed by atoms with E-state index in [1.165, 1.54) is 24.8 Å². The number of allylic oxidation sites excluding steroid dienone is 2. The number of hydrogen-bond acceptors (Lipinski definition) is 5. The Morgan fingerprint density at radius 2 is 1.97 bits per heavy atom. The highest BCUT2D eigenvalue weighted by molar-refractivity contribution is 5.89. The fourth-order valence-corrected chi connectivity index (χ4v) is 9.03. The number of aromatic nitrogens is 1. The van der Waals surface area contributed by atoms with E-state index < -0.39 is 12.0 Å². The zero-order valence-corrected chi connectivity index (χ0v) is 23.0. The van der Waals surface area contributed by atoms with Gasteiger partial charge in [0.15, 0.2) is 0 Å². The first-order chi connectivity index (χ1) is 18.2. The number of nitrogens with one attached hydrogen (secondary N) is 1. The molecular formula is C32H41N3O3. The lowest BCUT2D eigenvalue weighted by atomic mass is 9.47.